The van der Waals surface area contributed by atoms with E-state index in [9.17, 15) is 9.59 Å². The van der Waals surface area contributed by atoms with Crippen LogP contribution in [0.1, 0.15) is 6.42 Å². The second kappa shape index (κ2) is 5.62. The SMILES string of the molecule is O=C1CCN(c2ccc(Oc3cccnc3)cc2)C(=O)N1. The minimum absolute atomic E-state index is 0.243. The molecule has 1 N–H and O–H groups in total. The first-order valence-electron chi connectivity index (χ1n) is 6.52. The van der Waals surface area contributed by atoms with Gasteiger partial charge in [0.1, 0.15) is 11.5 Å². The zero-order valence-electron chi connectivity index (χ0n) is 11.2. The molecule has 3 amide bonds. The van der Waals surface area contributed by atoms with Crippen LogP contribution < -0.4 is 15.0 Å². The quantitative estimate of drug-likeness (QED) is 0.938. The summed E-state index contributed by atoms with van der Waals surface area (Å²) >= 11 is 0. The maximum Gasteiger partial charge on any atom is 0.328 e. The number of hydrogen-bond acceptors (Lipinski definition) is 4. The second-order valence-electron chi connectivity index (χ2n) is 4.54. The Morgan fingerprint density at radius 3 is 2.57 bits per heavy atom. The maximum absolute atomic E-state index is 11.7. The Balaban J connectivity index is 1.72. The molecule has 2 heterocycles. The number of hydrogen-bond donors (Lipinski definition) is 1. The van der Waals surface area contributed by atoms with Crippen LogP contribution in [-0.4, -0.2) is 23.5 Å². The van der Waals surface area contributed by atoms with E-state index >= 15 is 0 Å². The zero-order chi connectivity index (χ0) is 14.7. The minimum Gasteiger partial charge on any atom is -0.456 e. The summed E-state index contributed by atoms with van der Waals surface area (Å²) in [5.41, 5.74) is 0.721. The maximum atomic E-state index is 11.7. The van der Waals surface area contributed by atoms with E-state index in [-0.39, 0.29) is 5.91 Å². The highest BCUT2D eigenvalue weighted by Crippen LogP contribution is 2.24. The molecule has 3 rings (SSSR count). The van der Waals surface area contributed by atoms with E-state index in [1.807, 2.05) is 6.07 Å². The first-order valence-corrected chi connectivity index (χ1v) is 6.52. The number of rotatable bonds is 3. The molecule has 0 bridgehead atoms. The lowest BCUT2D eigenvalue weighted by molar-refractivity contribution is -0.120. The number of imide groups is 1. The molecular weight excluding hydrogens is 270 g/mol. The third-order valence-corrected chi connectivity index (χ3v) is 3.07. The van der Waals surface area contributed by atoms with Crippen molar-refractivity contribution in [3.63, 3.8) is 0 Å². The summed E-state index contributed by atoms with van der Waals surface area (Å²) in [5, 5.41) is 2.29. The predicted octanol–water partition coefficient (Wildman–Crippen LogP) is 2.32. The minimum atomic E-state index is -0.396. The van der Waals surface area contributed by atoms with Crippen molar-refractivity contribution in [3.8, 4) is 11.5 Å². The van der Waals surface area contributed by atoms with Gasteiger partial charge in [-0.1, -0.05) is 0 Å². The standard InChI is InChI=1S/C15H13N3O3/c19-14-7-9-18(15(20)17-14)11-3-5-12(6-4-11)21-13-2-1-8-16-10-13/h1-6,8,10H,7,9H2,(H,17,19,20). The Hall–Kier alpha value is -2.89. The van der Waals surface area contributed by atoms with Gasteiger partial charge in [0.05, 0.1) is 6.20 Å². The predicted molar refractivity (Wildman–Crippen MR) is 76.3 cm³/mol. The fraction of sp³-hybridized carbons (Fsp3) is 0.133. The third-order valence-electron chi connectivity index (χ3n) is 3.07. The van der Waals surface area contributed by atoms with Gasteiger partial charge in [-0.15, -0.1) is 0 Å². The topological polar surface area (TPSA) is 71.5 Å². The summed E-state index contributed by atoms with van der Waals surface area (Å²) in [6, 6.07) is 10.3. The first kappa shape index (κ1) is 13.1. The van der Waals surface area contributed by atoms with Crippen molar-refractivity contribution >= 4 is 17.6 Å². The Morgan fingerprint density at radius 1 is 1.10 bits per heavy atom. The number of aromatic nitrogens is 1. The summed E-state index contributed by atoms with van der Waals surface area (Å²) in [6.07, 6.45) is 3.60. The van der Waals surface area contributed by atoms with E-state index in [0.717, 1.165) is 5.69 Å². The number of carbonyl (C=O) groups excluding carboxylic acids is 2. The van der Waals surface area contributed by atoms with Crippen LogP contribution in [0.3, 0.4) is 0 Å². The van der Waals surface area contributed by atoms with Crippen molar-refractivity contribution in [1.29, 1.82) is 0 Å². The fourth-order valence-corrected chi connectivity index (χ4v) is 2.05. The van der Waals surface area contributed by atoms with Gasteiger partial charge in [0.25, 0.3) is 0 Å². The van der Waals surface area contributed by atoms with Crippen LogP contribution in [0.25, 0.3) is 0 Å². The van der Waals surface area contributed by atoms with Gasteiger partial charge >= 0.3 is 6.03 Å². The number of pyridine rings is 1. The number of urea groups is 1. The molecule has 1 saturated heterocycles. The molecule has 0 unspecified atom stereocenters. The fourth-order valence-electron chi connectivity index (χ4n) is 2.05. The monoisotopic (exact) mass is 283 g/mol. The van der Waals surface area contributed by atoms with Crippen LogP contribution >= 0.6 is 0 Å². The van der Waals surface area contributed by atoms with E-state index < -0.39 is 6.03 Å². The molecule has 0 aliphatic carbocycles. The van der Waals surface area contributed by atoms with Crippen molar-refractivity contribution < 1.29 is 14.3 Å². The molecule has 6 heteroatoms. The lowest BCUT2D eigenvalue weighted by atomic mass is 10.2. The van der Waals surface area contributed by atoms with E-state index in [1.165, 1.54) is 4.90 Å². The summed E-state index contributed by atoms with van der Waals surface area (Å²) in [4.78, 5) is 28.4. The van der Waals surface area contributed by atoms with Gasteiger partial charge in [0.2, 0.25) is 5.91 Å². The normalized spacial score (nSPS) is 14.8. The van der Waals surface area contributed by atoms with Gasteiger partial charge in [-0.25, -0.2) is 4.79 Å². The van der Waals surface area contributed by atoms with Crippen molar-refractivity contribution in [2.45, 2.75) is 6.42 Å². The average molecular weight is 283 g/mol. The van der Waals surface area contributed by atoms with Gasteiger partial charge in [0.15, 0.2) is 0 Å². The van der Waals surface area contributed by atoms with Crippen LogP contribution in [0, 0.1) is 0 Å². The van der Waals surface area contributed by atoms with Crippen LogP contribution in [-0.2, 0) is 4.79 Å². The molecule has 0 atom stereocenters. The van der Waals surface area contributed by atoms with Crippen molar-refractivity contribution in [2.75, 3.05) is 11.4 Å². The number of carbonyl (C=O) groups is 2. The Morgan fingerprint density at radius 2 is 1.90 bits per heavy atom. The number of ether oxygens (including phenoxy) is 1. The third kappa shape index (κ3) is 3.00. The van der Waals surface area contributed by atoms with Gasteiger partial charge < -0.3 is 4.74 Å². The van der Waals surface area contributed by atoms with E-state index in [0.29, 0.717) is 24.5 Å². The Bertz CT molecular complexity index is 656. The van der Waals surface area contributed by atoms with Crippen LogP contribution in [0.2, 0.25) is 0 Å². The summed E-state index contributed by atoms with van der Waals surface area (Å²) < 4.78 is 5.63. The molecule has 0 spiro atoms. The molecule has 0 radical (unpaired) electrons. The molecule has 1 fully saturated rings. The molecule has 21 heavy (non-hydrogen) atoms. The molecule has 1 aliphatic rings. The average Bonchev–Trinajstić information content (AvgIpc) is 2.49. The molecule has 1 aromatic carbocycles. The van der Waals surface area contributed by atoms with Gasteiger partial charge in [-0.3, -0.25) is 20.0 Å². The molecule has 106 valence electrons. The van der Waals surface area contributed by atoms with Gasteiger partial charge in [-0.2, -0.15) is 0 Å². The van der Waals surface area contributed by atoms with Crippen molar-refractivity contribution in [3.05, 3.63) is 48.8 Å². The molecule has 6 nitrogen and oxygen atoms in total. The van der Waals surface area contributed by atoms with E-state index in [1.54, 1.807) is 42.7 Å². The highest BCUT2D eigenvalue weighted by Gasteiger charge is 2.23. The molecule has 1 aromatic heterocycles. The summed E-state index contributed by atoms with van der Waals surface area (Å²) in [6.45, 7) is 0.382. The van der Waals surface area contributed by atoms with Gasteiger partial charge in [0, 0.05) is 24.8 Å². The second-order valence-corrected chi connectivity index (χ2v) is 4.54. The van der Waals surface area contributed by atoms with E-state index in [4.69, 9.17) is 4.74 Å². The summed E-state index contributed by atoms with van der Waals surface area (Å²) in [5.74, 6) is 1.06. The van der Waals surface area contributed by atoms with Crippen molar-refractivity contribution in [1.82, 2.24) is 10.3 Å². The number of amides is 3. The largest absolute Gasteiger partial charge is 0.456 e. The molecule has 2 aromatic rings. The van der Waals surface area contributed by atoms with Crippen molar-refractivity contribution in [2.24, 2.45) is 0 Å². The highest BCUT2D eigenvalue weighted by atomic mass is 16.5. The van der Waals surface area contributed by atoms with Gasteiger partial charge in [-0.05, 0) is 36.4 Å². The number of nitrogens with one attached hydrogen (secondary N) is 1. The van der Waals surface area contributed by atoms with E-state index in [2.05, 4.69) is 10.3 Å². The molecule has 0 saturated carbocycles. The lowest BCUT2D eigenvalue weighted by Gasteiger charge is -2.26. The Kier molecular flexibility index (Phi) is 3.51. The van der Waals surface area contributed by atoms with Crippen LogP contribution in [0.15, 0.2) is 48.8 Å². The van der Waals surface area contributed by atoms with Crippen LogP contribution in [0.5, 0.6) is 11.5 Å². The smallest absolute Gasteiger partial charge is 0.328 e. The highest BCUT2D eigenvalue weighted by molar-refractivity contribution is 6.05. The number of nitrogens with zero attached hydrogens (tertiary/aromatic N) is 2. The Labute approximate surface area is 121 Å². The number of anilines is 1. The lowest BCUT2D eigenvalue weighted by Crippen LogP contribution is -2.49. The molecule has 1 aliphatic heterocycles. The summed E-state index contributed by atoms with van der Waals surface area (Å²) in [7, 11) is 0. The molecular formula is C15H13N3O3. The number of benzene rings is 1. The van der Waals surface area contributed by atoms with Crippen LogP contribution in [0.4, 0.5) is 10.5 Å². The first-order chi connectivity index (χ1) is 10.2. The zero-order valence-corrected chi connectivity index (χ0v) is 11.2.